The second kappa shape index (κ2) is 5.95. The van der Waals surface area contributed by atoms with Crippen LogP contribution in [0.3, 0.4) is 0 Å². The molecule has 124 valence electrons. The summed E-state index contributed by atoms with van der Waals surface area (Å²) < 4.78 is 52.8. The Balaban J connectivity index is 1.76. The van der Waals surface area contributed by atoms with E-state index in [0.717, 1.165) is 12.3 Å². The van der Waals surface area contributed by atoms with Gasteiger partial charge in [-0.25, -0.2) is 9.37 Å². The molecule has 0 aliphatic heterocycles. The third-order valence-corrected chi connectivity index (χ3v) is 3.38. The maximum absolute atomic E-state index is 13.5. The highest BCUT2D eigenvalue weighted by Crippen LogP contribution is 2.29. The number of alkyl halides is 3. The Morgan fingerprint density at radius 1 is 1.12 bits per heavy atom. The van der Waals surface area contributed by atoms with Crippen LogP contribution >= 0.6 is 0 Å². The predicted molar refractivity (Wildman–Crippen MR) is 77.8 cm³/mol. The van der Waals surface area contributed by atoms with Gasteiger partial charge in [0.05, 0.1) is 23.4 Å². The van der Waals surface area contributed by atoms with Crippen LogP contribution in [-0.2, 0) is 12.7 Å². The topological polar surface area (TPSA) is 46.4 Å². The molecule has 2 aromatic heterocycles. The van der Waals surface area contributed by atoms with Gasteiger partial charge in [-0.2, -0.15) is 13.2 Å². The van der Waals surface area contributed by atoms with E-state index in [1.807, 2.05) is 0 Å². The molecular formula is C16H11F4N3O. The van der Waals surface area contributed by atoms with Crippen molar-refractivity contribution in [3.63, 3.8) is 0 Å². The van der Waals surface area contributed by atoms with E-state index < -0.39 is 23.5 Å². The van der Waals surface area contributed by atoms with Gasteiger partial charge >= 0.3 is 6.18 Å². The van der Waals surface area contributed by atoms with Gasteiger partial charge in [-0.15, -0.1) is 0 Å². The van der Waals surface area contributed by atoms with Gasteiger partial charge in [-0.3, -0.25) is 4.79 Å². The fourth-order valence-corrected chi connectivity index (χ4v) is 2.21. The number of aromatic nitrogens is 2. The molecule has 0 unspecified atom stereocenters. The summed E-state index contributed by atoms with van der Waals surface area (Å²) >= 11 is 0. The molecule has 3 rings (SSSR count). The first-order valence-corrected chi connectivity index (χ1v) is 6.92. The highest BCUT2D eigenvalue weighted by Gasteiger charge is 2.30. The maximum Gasteiger partial charge on any atom is 0.417 e. The van der Waals surface area contributed by atoms with Crippen molar-refractivity contribution in [2.75, 3.05) is 0 Å². The van der Waals surface area contributed by atoms with Crippen LogP contribution in [-0.4, -0.2) is 15.3 Å². The molecule has 8 heteroatoms. The van der Waals surface area contributed by atoms with Gasteiger partial charge in [-0.1, -0.05) is 12.1 Å². The molecule has 0 atom stereocenters. The SMILES string of the molecule is O=C(NCc1cn2cc(C(F)(F)F)ccc2n1)c1ccccc1F. The Kier molecular flexibility index (Phi) is 3.96. The van der Waals surface area contributed by atoms with Gasteiger partial charge in [0.2, 0.25) is 0 Å². The number of hydrogen-bond acceptors (Lipinski definition) is 2. The zero-order chi connectivity index (χ0) is 17.3. The fourth-order valence-electron chi connectivity index (χ4n) is 2.21. The minimum absolute atomic E-state index is 0.0315. The van der Waals surface area contributed by atoms with Gasteiger partial charge in [-0.05, 0) is 24.3 Å². The second-order valence-electron chi connectivity index (χ2n) is 5.08. The van der Waals surface area contributed by atoms with Gasteiger partial charge in [0.25, 0.3) is 5.91 Å². The lowest BCUT2D eigenvalue weighted by molar-refractivity contribution is -0.137. The average molecular weight is 337 g/mol. The lowest BCUT2D eigenvalue weighted by atomic mass is 10.2. The first kappa shape index (κ1) is 16.0. The summed E-state index contributed by atoms with van der Waals surface area (Å²) in [6, 6.07) is 7.67. The lowest BCUT2D eigenvalue weighted by Crippen LogP contribution is -2.23. The Hall–Kier alpha value is -2.90. The fraction of sp³-hybridized carbons (Fsp3) is 0.125. The molecule has 1 N–H and O–H groups in total. The zero-order valence-electron chi connectivity index (χ0n) is 12.1. The van der Waals surface area contributed by atoms with E-state index in [2.05, 4.69) is 10.3 Å². The minimum atomic E-state index is -4.45. The number of amides is 1. The summed E-state index contributed by atoms with van der Waals surface area (Å²) in [5, 5.41) is 2.48. The van der Waals surface area contributed by atoms with Gasteiger partial charge < -0.3 is 9.72 Å². The second-order valence-corrected chi connectivity index (χ2v) is 5.08. The smallest absolute Gasteiger partial charge is 0.346 e. The molecule has 0 radical (unpaired) electrons. The van der Waals surface area contributed by atoms with Crippen molar-refractivity contribution < 1.29 is 22.4 Å². The van der Waals surface area contributed by atoms with Crippen molar-refractivity contribution >= 4 is 11.6 Å². The minimum Gasteiger partial charge on any atom is -0.346 e. The molecule has 1 aromatic carbocycles. The van der Waals surface area contributed by atoms with Gasteiger partial charge in [0.15, 0.2) is 0 Å². The standard InChI is InChI=1S/C16H11F4N3O/c17-13-4-2-1-3-12(13)15(24)21-7-11-9-23-8-10(16(18,19)20)5-6-14(23)22-11/h1-6,8-9H,7H2,(H,21,24). The number of rotatable bonds is 3. The summed E-state index contributed by atoms with van der Waals surface area (Å²) in [7, 11) is 0. The van der Waals surface area contributed by atoms with E-state index in [0.29, 0.717) is 11.3 Å². The number of carbonyl (C=O) groups excluding carboxylic acids is 1. The molecule has 0 bridgehead atoms. The summed E-state index contributed by atoms with van der Waals surface area (Å²) in [6.45, 7) is -0.0315. The van der Waals surface area contributed by atoms with Crippen molar-refractivity contribution in [1.82, 2.24) is 14.7 Å². The van der Waals surface area contributed by atoms with Crippen LogP contribution in [0.4, 0.5) is 17.6 Å². The van der Waals surface area contributed by atoms with Crippen LogP contribution in [0, 0.1) is 5.82 Å². The Bertz CT molecular complexity index is 902. The third kappa shape index (κ3) is 3.22. The van der Waals surface area contributed by atoms with Crippen molar-refractivity contribution in [1.29, 1.82) is 0 Å². The molecular weight excluding hydrogens is 326 g/mol. The molecule has 0 fully saturated rings. The van der Waals surface area contributed by atoms with Crippen LogP contribution in [0.2, 0.25) is 0 Å². The quantitative estimate of drug-likeness (QED) is 0.745. The number of pyridine rings is 1. The number of imidazole rings is 1. The van der Waals surface area contributed by atoms with Crippen LogP contribution in [0.25, 0.3) is 5.65 Å². The Morgan fingerprint density at radius 2 is 1.88 bits per heavy atom. The molecule has 0 aliphatic rings. The number of fused-ring (bicyclic) bond motifs is 1. The van der Waals surface area contributed by atoms with Crippen molar-refractivity contribution in [2.45, 2.75) is 12.7 Å². The Morgan fingerprint density at radius 3 is 2.58 bits per heavy atom. The first-order valence-electron chi connectivity index (χ1n) is 6.92. The highest BCUT2D eigenvalue weighted by molar-refractivity contribution is 5.94. The summed E-state index contributed by atoms with van der Waals surface area (Å²) in [5.41, 5.74) is -0.230. The molecule has 0 spiro atoms. The van der Waals surface area contributed by atoms with Crippen LogP contribution in [0.15, 0.2) is 48.8 Å². The molecule has 0 saturated heterocycles. The molecule has 1 amide bonds. The maximum atomic E-state index is 13.5. The van der Waals surface area contributed by atoms with Crippen LogP contribution in [0.5, 0.6) is 0 Å². The number of hydrogen-bond donors (Lipinski definition) is 1. The van der Waals surface area contributed by atoms with Crippen molar-refractivity contribution in [3.8, 4) is 0 Å². The van der Waals surface area contributed by atoms with Gasteiger partial charge in [0.1, 0.15) is 11.5 Å². The summed E-state index contributed by atoms with van der Waals surface area (Å²) in [5.74, 6) is -1.28. The van der Waals surface area contributed by atoms with Crippen LogP contribution < -0.4 is 5.32 Å². The molecule has 0 aliphatic carbocycles. The van der Waals surface area contributed by atoms with E-state index in [1.165, 1.54) is 40.9 Å². The van der Waals surface area contributed by atoms with Gasteiger partial charge in [0, 0.05) is 12.4 Å². The first-order chi connectivity index (χ1) is 11.3. The highest BCUT2D eigenvalue weighted by atomic mass is 19.4. The summed E-state index contributed by atoms with van der Waals surface area (Å²) in [6.07, 6.45) is -2.14. The van der Waals surface area contributed by atoms with E-state index in [9.17, 15) is 22.4 Å². The van der Waals surface area contributed by atoms with E-state index in [-0.39, 0.29) is 12.1 Å². The number of benzene rings is 1. The number of carbonyl (C=O) groups is 1. The molecule has 2 heterocycles. The van der Waals surface area contributed by atoms with Crippen LogP contribution in [0.1, 0.15) is 21.6 Å². The normalized spacial score (nSPS) is 11.7. The molecule has 3 aromatic rings. The third-order valence-electron chi connectivity index (χ3n) is 3.38. The van der Waals surface area contributed by atoms with Crippen molar-refractivity contribution in [3.05, 3.63) is 71.4 Å². The van der Waals surface area contributed by atoms with E-state index >= 15 is 0 Å². The lowest BCUT2D eigenvalue weighted by Gasteiger charge is -2.05. The summed E-state index contributed by atoms with van der Waals surface area (Å²) in [4.78, 5) is 16.0. The number of nitrogens with zero attached hydrogens (tertiary/aromatic N) is 2. The monoisotopic (exact) mass is 337 g/mol. The zero-order valence-corrected chi connectivity index (χ0v) is 12.1. The number of halogens is 4. The van der Waals surface area contributed by atoms with E-state index in [4.69, 9.17) is 0 Å². The van der Waals surface area contributed by atoms with E-state index in [1.54, 1.807) is 0 Å². The predicted octanol–water partition coefficient (Wildman–Crippen LogP) is 3.42. The molecule has 24 heavy (non-hydrogen) atoms. The molecule has 4 nitrogen and oxygen atoms in total. The average Bonchev–Trinajstić information content (AvgIpc) is 2.94. The number of nitrogens with one attached hydrogen (secondary N) is 1. The molecule has 0 saturated carbocycles. The largest absolute Gasteiger partial charge is 0.417 e. The Labute approximate surface area is 133 Å². The van der Waals surface area contributed by atoms with Crippen molar-refractivity contribution in [2.24, 2.45) is 0 Å².